The minimum Gasteiger partial charge on any atom is -0.364 e. The molecule has 1 unspecified atom stereocenters. The maximum atomic E-state index is 11.3. The highest BCUT2D eigenvalue weighted by molar-refractivity contribution is 5.75. The van der Waals surface area contributed by atoms with E-state index in [9.17, 15) is 4.79 Å². The Morgan fingerprint density at radius 2 is 1.63 bits per heavy atom. The van der Waals surface area contributed by atoms with Gasteiger partial charge in [0.15, 0.2) is 0 Å². The Balaban J connectivity index is 1.46. The number of carbonyl (C=O) groups excluding carboxylic acids is 1. The first kappa shape index (κ1) is 25.0. The molecule has 0 saturated carbocycles. The van der Waals surface area contributed by atoms with Gasteiger partial charge in [0.2, 0.25) is 0 Å². The number of allylic oxidation sites excluding steroid dienone is 5. The van der Waals surface area contributed by atoms with E-state index in [1.165, 1.54) is 28.2 Å². The minimum absolute atomic E-state index is 0.0150. The molecule has 3 heteroatoms. The summed E-state index contributed by atoms with van der Waals surface area (Å²) in [6, 6.07) is 17.7. The number of unbranched alkanes of at least 4 members (excludes halogenated alkanes) is 2. The molecule has 0 fully saturated rings. The Labute approximate surface area is 211 Å². The van der Waals surface area contributed by atoms with Crippen LogP contribution in [0.15, 0.2) is 84.6 Å². The molecule has 0 amide bonds. The molecule has 2 aromatic carbocycles. The van der Waals surface area contributed by atoms with Gasteiger partial charge in [-0.25, -0.2) is 0 Å². The van der Waals surface area contributed by atoms with E-state index in [0.29, 0.717) is 18.2 Å². The third-order valence-electron chi connectivity index (χ3n) is 7.73. The lowest BCUT2D eigenvalue weighted by Crippen LogP contribution is -2.40. The number of ketones is 1. The molecule has 35 heavy (non-hydrogen) atoms. The average molecular weight is 469 g/mol. The number of fused-ring (bicyclic) bond motifs is 2. The largest absolute Gasteiger partial charge is 0.364 e. The first-order valence-corrected chi connectivity index (χ1v) is 13.0. The van der Waals surface area contributed by atoms with Crippen molar-refractivity contribution < 1.29 is 4.79 Å². The zero-order valence-electron chi connectivity index (χ0n) is 22.0. The average Bonchev–Trinajstić information content (AvgIpc) is 3.20. The summed E-state index contributed by atoms with van der Waals surface area (Å²) in [6.07, 6.45) is 14.9. The third-order valence-corrected chi connectivity index (χ3v) is 7.73. The van der Waals surface area contributed by atoms with Gasteiger partial charge in [-0.2, -0.15) is 0 Å². The summed E-state index contributed by atoms with van der Waals surface area (Å²) >= 11 is 0. The topological polar surface area (TPSA) is 32.3 Å². The number of rotatable bonds is 9. The number of anilines is 2. The quantitative estimate of drug-likeness (QED) is 0.302. The molecule has 0 spiro atoms. The van der Waals surface area contributed by atoms with Crippen LogP contribution < -0.4 is 10.2 Å². The number of para-hydroxylation sites is 2. The summed E-state index contributed by atoms with van der Waals surface area (Å²) in [4.78, 5) is 13.8. The van der Waals surface area contributed by atoms with E-state index in [0.717, 1.165) is 25.8 Å². The standard InChI is InChI=1S/C32H40N2O/c1-24(35)16-8-7-15-23-34-28-20-14-12-18-26(28)32(4,5)30(34)22-10-6-9-21-29-31(2,3)25-17-11-13-19-27(25)33-29/h6,9-14,17-22,30,33H,7-8,15-16,23H2,1-5H3/b9-6+,22-10+,29-21-. The Hall–Kier alpha value is -3.07. The second-order valence-electron chi connectivity index (χ2n) is 11.0. The van der Waals surface area contributed by atoms with Crippen molar-refractivity contribution in [1.82, 2.24) is 0 Å². The summed E-state index contributed by atoms with van der Waals surface area (Å²) in [5.41, 5.74) is 6.56. The van der Waals surface area contributed by atoms with Gasteiger partial charge in [0.25, 0.3) is 0 Å². The number of hydrogen-bond acceptors (Lipinski definition) is 3. The highest BCUT2D eigenvalue weighted by Crippen LogP contribution is 2.46. The van der Waals surface area contributed by atoms with Crippen molar-refractivity contribution in [3.8, 4) is 0 Å². The highest BCUT2D eigenvalue weighted by atomic mass is 16.1. The monoisotopic (exact) mass is 468 g/mol. The predicted molar refractivity (Wildman–Crippen MR) is 149 cm³/mol. The number of hydrogen-bond donors (Lipinski definition) is 1. The molecule has 0 radical (unpaired) electrons. The summed E-state index contributed by atoms with van der Waals surface area (Å²) in [5, 5.41) is 3.59. The van der Waals surface area contributed by atoms with Gasteiger partial charge in [0.1, 0.15) is 5.78 Å². The van der Waals surface area contributed by atoms with Crippen LogP contribution in [-0.2, 0) is 15.6 Å². The minimum atomic E-state index is -0.0150. The summed E-state index contributed by atoms with van der Waals surface area (Å²) in [6.45, 7) is 11.9. The number of Topliss-reactive ketones (excluding diaryl/α,β-unsaturated/α-hetero) is 1. The lowest BCUT2D eigenvalue weighted by molar-refractivity contribution is -0.117. The van der Waals surface area contributed by atoms with Gasteiger partial charge < -0.3 is 15.0 Å². The molecule has 0 aromatic heterocycles. The fraction of sp³-hybridized carbons (Fsp3) is 0.406. The normalized spacial score (nSPS) is 21.0. The Bertz CT molecular complexity index is 1150. The van der Waals surface area contributed by atoms with Crippen molar-refractivity contribution >= 4 is 17.2 Å². The van der Waals surface area contributed by atoms with Crippen LogP contribution in [0.25, 0.3) is 0 Å². The van der Waals surface area contributed by atoms with Gasteiger partial charge >= 0.3 is 0 Å². The molecule has 2 heterocycles. The second kappa shape index (κ2) is 10.3. The van der Waals surface area contributed by atoms with E-state index < -0.39 is 0 Å². The fourth-order valence-corrected chi connectivity index (χ4v) is 5.62. The molecule has 0 saturated heterocycles. The van der Waals surface area contributed by atoms with Crippen molar-refractivity contribution in [3.05, 3.63) is 95.7 Å². The molecule has 1 atom stereocenters. The van der Waals surface area contributed by atoms with Gasteiger partial charge in [0.05, 0.1) is 6.04 Å². The maximum absolute atomic E-state index is 11.3. The molecule has 4 rings (SSSR count). The van der Waals surface area contributed by atoms with Crippen LogP contribution in [0.2, 0.25) is 0 Å². The summed E-state index contributed by atoms with van der Waals surface area (Å²) in [5.74, 6) is 0.292. The van der Waals surface area contributed by atoms with Gasteiger partial charge in [-0.3, -0.25) is 0 Å². The smallest absolute Gasteiger partial charge is 0.129 e. The Kier molecular flexibility index (Phi) is 7.35. The lowest BCUT2D eigenvalue weighted by atomic mass is 9.80. The van der Waals surface area contributed by atoms with Gasteiger partial charge in [0, 0.05) is 40.9 Å². The Morgan fingerprint density at radius 3 is 2.37 bits per heavy atom. The Morgan fingerprint density at radius 1 is 0.914 bits per heavy atom. The SMILES string of the molecule is CC(=O)CCCCCN1c2ccccc2C(C)(C)C1/C=C/C=C/C=C1\Nc2ccccc2C1(C)C. The summed E-state index contributed by atoms with van der Waals surface area (Å²) in [7, 11) is 0. The van der Waals surface area contributed by atoms with E-state index >= 15 is 0 Å². The zero-order chi connectivity index (χ0) is 25.1. The van der Waals surface area contributed by atoms with Crippen LogP contribution in [-0.4, -0.2) is 18.4 Å². The molecule has 2 aromatic rings. The van der Waals surface area contributed by atoms with E-state index in [2.05, 4.69) is 117 Å². The van der Waals surface area contributed by atoms with Crippen molar-refractivity contribution in [2.75, 3.05) is 16.8 Å². The van der Waals surface area contributed by atoms with Crippen molar-refractivity contribution in [3.63, 3.8) is 0 Å². The summed E-state index contributed by atoms with van der Waals surface area (Å²) < 4.78 is 0. The number of carbonyl (C=O) groups is 1. The van der Waals surface area contributed by atoms with E-state index in [1.807, 2.05) is 0 Å². The van der Waals surface area contributed by atoms with Gasteiger partial charge in [-0.05, 0) is 49.1 Å². The molecular weight excluding hydrogens is 428 g/mol. The maximum Gasteiger partial charge on any atom is 0.129 e. The van der Waals surface area contributed by atoms with Crippen LogP contribution in [0, 0.1) is 0 Å². The van der Waals surface area contributed by atoms with Crippen LogP contribution in [0.3, 0.4) is 0 Å². The fourth-order valence-electron chi connectivity index (χ4n) is 5.62. The predicted octanol–water partition coefficient (Wildman–Crippen LogP) is 7.70. The molecule has 1 N–H and O–H groups in total. The van der Waals surface area contributed by atoms with Crippen molar-refractivity contribution in [1.29, 1.82) is 0 Å². The lowest BCUT2D eigenvalue weighted by Gasteiger charge is -2.32. The number of nitrogens with one attached hydrogen (secondary N) is 1. The molecule has 2 aliphatic heterocycles. The second-order valence-corrected chi connectivity index (χ2v) is 11.0. The van der Waals surface area contributed by atoms with Crippen molar-refractivity contribution in [2.45, 2.75) is 77.2 Å². The van der Waals surface area contributed by atoms with E-state index in [1.54, 1.807) is 6.92 Å². The molecule has 0 bridgehead atoms. The first-order valence-electron chi connectivity index (χ1n) is 13.0. The number of benzene rings is 2. The van der Waals surface area contributed by atoms with Gasteiger partial charge in [-0.1, -0.05) is 94.8 Å². The van der Waals surface area contributed by atoms with Crippen LogP contribution >= 0.6 is 0 Å². The van der Waals surface area contributed by atoms with Crippen LogP contribution in [0.4, 0.5) is 11.4 Å². The van der Waals surface area contributed by atoms with Crippen molar-refractivity contribution in [2.24, 2.45) is 0 Å². The molecule has 184 valence electrons. The van der Waals surface area contributed by atoms with Gasteiger partial charge in [-0.15, -0.1) is 0 Å². The third kappa shape index (κ3) is 5.15. The van der Waals surface area contributed by atoms with E-state index in [-0.39, 0.29) is 10.8 Å². The molecule has 0 aliphatic carbocycles. The highest BCUT2D eigenvalue weighted by Gasteiger charge is 2.42. The zero-order valence-corrected chi connectivity index (χ0v) is 22.0. The van der Waals surface area contributed by atoms with Crippen LogP contribution in [0.5, 0.6) is 0 Å². The molecule has 3 nitrogen and oxygen atoms in total. The van der Waals surface area contributed by atoms with Crippen LogP contribution in [0.1, 0.15) is 71.4 Å². The molecular formula is C32H40N2O. The van der Waals surface area contributed by atoms with E-state index in [4.69, 9.17) is 0 Å². The number of nitrogens with zero attached hydrogens (tertiary/aromatic N) is 1. The molecule has 2 aliphatic rings. The first-order chi connectivity index (χ1) is 16.7.